The highest BCUT2D eigenvalue weighted by Gasteiger charge is 2.21. The first-order valence-electron chi connectivity index (χ1n) is 6.68. The number of halogens is 2. The van der Waals surface area contributed by atoms with Crippen LogP contribution in [0.25, 0.3) is 0 Å². The van der Waals surface area contributed by atoms with E-state index in [0.717, 1.165) is 10.7 Å². The summed E-state index contributed by atoms with van der Waals surface area (Å²) in [5, 5.41) is 3.10. The molecule has 1 heterocycles. The second-order valence-electron chi connectivity index (χ2n) is 5.94. The van der Waals surface area contributed by atoms with Gasteiger partial charge in [0.2, 0.25) is 0 Å². The van der Waals surface area contributed by atoms with Crippen molar-refractivity contribution >= 4 is 22.9 Å². The summed E-state index contributed by atoms with van der Waals surface area (Å²) in [5.41, 5.74) is 4.40. The molecule has 0 aliphatic heterocycles. The summed E-state index contributed by atoms with van der Waals surface area (Å²) < 4.78 is 13.6. The van der Waals surface area contributed by atoms with E-state index in [9.17, 15) is 4.39 Å². The Morgan fingerprint density at radius 1 is 1.43 bits per heavy atom. The van der Waals surface area contributed by atoms with Gasteiger partial charge in [0.05, 0.1) is 21.8 Å². The maximum atomic E-state index is 13.6. The molecular weight excluding hydrogens is 309 g/mol. The zero-order valence-corrected chi connectivity index (χ0v) is 13.9. The van der Waals surface area contributed by atoms with Crippen LogP contribution in [0, 0.1) is 5.82 Å². The minimum atomic E-state index is -0.441. The van der Waals surface area contributed by atoms with Gasteiger partial charge in [-0.2, -0.15) is 0 Å². The van der Waals surface area contributed by atoms with E-state index in [1.807, 2.05) is 0 Å². The average Bonchev–Trinajstić information content (AvgIpc) is 2.88. The molecule has 1 atom stereocenters. The number of hydrogen-bond acceptors (Lipinski definition) is 4. The van der Waals surface area contributed by atoms with Gasteiger partial charge in [0, 0.05) is 17.2 Å². The first-order valence-corrected chi connectivity index (χ1v) is 7.93. The fraction of sp³-hybridized carbons (Fsp3) is 0.400. The molecule has 3 nitrogen and oxygen atoms in total. The van der Waals surface area contributed by atoms with Crippen LogP contribution in [0.2, 0.25) is 5.02 Å². The Hall–Kier alpha value is -1.01. The van der Waals surface area contributed by atoms with E-state index < -0.39 is 5.82 Å². The molecule has 2 aromatic rings. The highest BCUT2D eigenvalue weighted by Crippen LogP contribution is 2.30. The summed E-state index contributed by atoms with van der Waals surface area (Å²) in [5.74, 6) is 5.17. The molecule has 0 spiro atoms. The Morgan fingerprint density at radius 2 is 2.14 bits per heavy atom. The Balaban J connectivity index is 2.23. The van der Waals surface area contributed by atoms with Gasteiger partial charge >= 0.3 is 0 Å². The molecule has 1 aromatic heterocycles. The van der Waals surface area contributed by atoms with E-state index in [1.165, 1.54) is 6.07 Å². The molecule has 0 saturated carbocycles. The molecule has 1 unspecified atom stereocenters. The van der Waals surface area contributed by atoms with Gasteiger partial charge in [-0.05, 0) is 11.6 Å². The smallest absolute Gasteiger partial charge is 0.142 e. The highest BCUT2D eigenvalue weighted by molar-refractivity contribution is 7.09. The van der Waals surface area contributed by atoms with Crippen LogP contribution in [0.1, 0.15) is 43.1 Å². The summed E-state index contributed by atoms with van der Waals surface area (Å²) in [6, 6.07) is 4.46. The lowest BCUT2D eigenvalue weighted by Crippen LogP contribution is -2.30. The van der Waals surface area contributed by atoms with Crippen molar-refractivity contribution < 1.29 is 4.39 Å². The summed E-state index contributed by atoms with van der Waals surface area (Å²) in [6.07, 6.45) is 0.570. The van der Waals surface area contributed by atoms with E-state index >= 15 is 0 Å². The van der Waals surface area contributed by atoms with Crippen LogP contribution in [-0.2, 0) is 11.8 Å². The van der Waals surface area contributed by atoms with Crippen LogP contribution in [0.3, 0.4) is 0 Å². The topological polar surface area (TPSA) is 50.9 Å². The van der Waals surface area contributed by atoms with Crippen LogP contribution >= 0.6 is 22.9 Å². The monoisotopic (exact) mass is 327 g/mol. The van der Waals surface area contributed by atoms with Gasteiger partial charge in [0.25, 0.3) is 0 Å². The summed E-state index contributed by atoms with van der Waals surface area (Å²) in [6.45, 7) is 6.36. The molecule has 0 amide bonds. The maximum Gasteiger partial charge on any atom is 0.142 e. The summed E-state index contributed by atoms with van der Waals surface area (Å²) in [4.78, 5) is 4.63. The van der Waals surface area contributed by atoms with Crippen molar-refractivity contribution in [3.8, 4) is 0 Å². The fourth-order valence-corrected chi connectivity index (χ4v) is 3.30. The molecule has 6 heteroatoms. The lowest BCUT2D eigenvalue weighted by Gasteiger charge is -2.17. The predicted octanol–water partition coefficient (Wildman–Crippen LogP) is 3.98. The van der Waals surface area contributed by atoms with Crippen LogP contribution < -0.4 is 11.3 Å². The van der Waals surface area contributed by atoms with Gasteiger partial charge in [-0.1, -0.05) is 44.5 Å². The standard InChI is InChI=1S/C15H19ClFN3S/c1-15(2,3)12-8-21-13(19-12)7-11(20-18)9-5-4-6-10(17)14(9)16/h4-6,8,11,20H,7,18H2,1-3H3. The normalized spacial score (nSPS) is 13.4. The van der Waals surface area contributed by atoms with Crippen molar-refractivity contribution in [3.05, 3.63) is 50.7 Å². The van der Waals surface area contributed by atoms with E-state index in [0.29, 0.717) is 12.0 Å². The Morgan fingerprint density at radius 3 is 2.71 bits per heavy atom. The molecule has 2 rings (SSSR count). The van der Waals surface area contributed by atoms with Crippen molar-refractivity contribution in [1.29, 1.82) is 0 Å². The molecule has 114 valence electrons. The van der Waals surface area contributed by atoms with Crippen LogP contribution in [0.4, 0.5) is 4.39 Å². The SMILES string of the molecule is CC(C)(C)c1csc(CC(NN)c2cccc(F)c2Cl)n1. The number of rotatable bonds is 4. The largest absolute Gasteiger partial charge is 0.271 e. The number of nitrogens with two attached hydrogens (primary N) is 1. The first-order chi connectivity index (χ1) is 9.82. The molecular formula is C15H19ClFN3S. The van der Waals surface area contributed by atoms with Gasteiger partial charge in [0.1, 0.15) is 5.82 Å². The second-order valence-corrected chi connectivity index (χ2v) is 7.26. The third kappa shape index (κ3) is 3.80. The Kier molecular flexibility index (Phi) is 4.99. The summed E-state index contributed by atoms with van der Waals surface area (Å²) in [7, 11) is 0. The van der Waals surface area contributed by atoms with Crippen molar-refractivity contribution in [2.24, 2.45) is 5.84 Å². The fourth-order valence-electron chi connectivity index (χ4n) is 1.97. The third-order valence-electron chi connectivity index (χ3n) is 3.26. The molecule has 0 saturated heterocycles. The summed E-state index contributed by atoms with van der Waals surface area (Å²) >= 11 is 7.60. The Bertz CT molecular complexity index is 622. The second kappa shape index (κ2) is 6.40. The molecule has 0 aliphatic rings. The number of hydrogen-bond donors (Lipinski definition) is 2. The molecule has 1 aromatic carbocycles. The van der Waals surface area contributed by atoms with Crippen LogP contribution in [0.5, 0.6) is 0 Å². The average molecular weight is 328 g/mol. The van der Waals surface area contributed by atoms with Crippen LogP contribution in [-0.4, -0.2) is 4.98 Å². The highest BCUT2D eigenvalue weighted by atomic mass is 35.5. The molecule has 0 bridgehead atoms. The molecule has 0 radical (unpaired) electrons. The zero-order valence-electron chi connectivity index (χ0n) is 12.3. The van der Waals surface area contributed by atoms with E-state index in [1.54, 1.807) is 23.5 Å². The molecule has 21 heavy (non-hydrogen) atoms. The van der Waals surface area contributed by atoms with E-state index in [2.05, 4.69) is 36.6 Å². The van der Waals surface area contributed by atoms with Crippen LogP contribution in [0.15, 0.2) is 23.6 Å². The number of nitrogens with zero attached hydrogens (tertiary/aromatic N) is 1. The maximum absolute atomic E-state index is 13.6. The predicted molar refractivity (Wildman–Crippen MR) is 86.0 cm³/mol. The van der Waals surface area contributed by atoms with Crippen molar-refractivity contribution in [1.82, 2.24) is 10.4 Å². The van der Waals surface area contributed by atoms with Gasteiger partial charge < -0.3 is 0 Å². The molecule has 0 fully saturated rings. The van der Waals surface area contributed by atoms with Gasteiger partial charge in [-0.3, -0.25) is 11.3 Å². The quantitative estimate of drug-likeness (QED) is 0.659. The van der Waals surface area contributed by atoms with E-state index in [4.69, 9.17) is 17.4 Å². The van der Waals surface area contributed by atoms with E-state index in [-0.39, 0.29) is 16.5 Å². The number of hydrazine groups is 1. The zero-order chi connectivity index (χ0) is 15.6. The van der Waals surface area contributed by atoms with Gasteiger partial charge in [-0.25, -0.2) is 9.37 Å². The van der Waals surface area contributed by atoms with Gasteiger partial charge in [-0.15, -0.1) is 11.3 Å². The number of benzene rings is 1. The number of thiazole rings is 1. The minimum absolute atomic E-state index is 0.0108. The van der Waals surface area contributed by atoms with Crippen molar-refractivity contribution in [3.63, 3.8) is 0 Å². The molecule has 0 aliphatic carbocycles. The first kappa shape index (κ1) is 16.4. The van der Waals surface area contributed by atoms with Crippen molar-refractivity contribution in [2.75, 3.05) is 0 Å². The third-order valence-corrected chi connectivity index (χ3v) is 4.53. The van der Waals surface area contributed by atoms with Crippen molar-refractivity contribution in [2.45, 2.75) is 38.6 Å². The van der Waals surface area contributed by atoms with Gasteiger partial charge in [0.15, 0.2) is 0 Å². The number of nitrogens with one attached hydrogen (secondary N) is 1. The number of aromatic nitrogens is 1. The minimum Gasteiger partial charge on any atom is -0.271 e. The lowest BCUT2D eigenvalue weighted by molar-refractivity contribution is 0.536. The Labute approximate surface area is 133 Å². The molecule has 3 N–H and O–H groups in total. The lowest BCUT2D eigenvalue weighted by atomic mass is 9.93.